The summed E-state index contributed by atoms with van der Waals surface area (Å²) in [5, 5.41) is 9.28. The minimum absolute atomic E-state index is 0.110. The van der Waals surface area contributed by atoms with Gasteiger partial charge < -0.3 is 10.0 Å². The molecule has 0 radical (unpaired) electrons. The van der Waals surface area contributed by atoms with E-state index in [9.17, 15) is 14.7 Å². The van der Waals surface area contributed by atoms with Crippen LogP contribution in [-0.2, 0) is 13.0 Å². The Morgan fingerprint density at radius 2 is 1.61 bits per heavy atom. The minimum Gasteiger partial charge on any atom is -0.478 e. The lowest BCUT2D eigenvalue weighted by molar-refractivity contribution is 0.0696. The van der Waals surface area contributed by atoms with Gasteiger partial charge in [0.2, 0.25) is 0 Å². The fraction of sp³-hybridized carbons (Fsp3) is 0.167. The van der Waals surface area contributed by atoms with Crippen molar-refractivity contribution in [3.63, 3.8) is 0 Å². The molecule has 0 aliphatic heterocycles. The van der Waals surface area contributed by atoms with Crippen molar-refractivity contribution in [1.82, 2.24) is 0 Å². The topological polar surface area (TPSA) is 57.6 Å². The number of benzene rings is 3. The monoisotopic (exact) mass is 373 g/mol. The number of aromatic carboxylic acids is 1. The Hall–Kier alpha value is -3.40. The molecule has 0 spiro atoms. The average molecular weight is 373 g/mol. The SMILES string of the molecule is CCc1ccccc1N(Cc1cccc(C(=O)O)c1)C(=O)c1ccc(C)cc1. The predicted octanol–water partition coefficient (Wildman–Crippen LogP) is 5.10. The van der Waals surface area contributed by atoms with Crippen LogP contribution < -0.4 is 4.90 Å². The lowest BCUT2D eigenvalue weighted by Gasteiger charge is -2.26. The Labute approximate surface area is 165 Å². The van der Waals surface area contributed by atoms with Crippen molar-refractivity contribution in [2.45, 2.75) is 26.8 Å². The molecule has 1 N–H and O–H groups in total. The van der Waals surface area contributed by atoms with E-state index in [1.165, 1.54) is 0 Å². The van der Waals surface area contributed by atoms with Crippen LogP contribution >= 0.6 is 0 Å². The number of amides is 1. The maximum atomic E-state index is 13.4. The zero-order valence-electron chi connectivity index (χ0n) is 16.1. The van der Waals surface area contributed by atoms with Crippen LogP contribution in [0.4, 0.5) is 5.69 Å². The Balaban J connectivity index is 2.04. The maximum Gasteiger partial charge on any atom is 0.335 e. The van der Waals surface area contributed by atoms with E-state index in [2.05, 4.69) is 6.92 Å². The Bertz CT molecular complexity index is 993. The summed E-state index contributed by atoms with van der Waals surface area (Å²) >= 11 is 0. The van der Waals surface area contributed by atoms with Gasteiger partial charge in [0.05, 0.1) is 12.1 Å². The van der Waals surface area contributed by atoms with Gasteiger partial charge in [-0.15, -0.1) is 0 Å². The van der Waals surface area contributed by atoms with Gasteiger partial charge >= 0.3 is 5.97 Å². The fourth-order valence-corrected chi connectivity index (χ4v) is 3.18. The van der Waals surface area contributed by atoms with Crippen molar-refractivity contribution in [1.29, 1.82) is 0 Å². The molecule has 3 rings (SSSR count). The van der Waals surface area contributed by atoms with Crippen molar-refractivity contribution >= 4 is 17.6 Å². The number of aryl methyl sites for hydroxylation is 2. The number of carbonyl (C=O) groups excluding carboxylic acids is 1. The molecule has 0 aromatic heterocycles. The molecule has 0 unspecified atom stereocenters. The molecule has 4 heteroatoms. The first-order valence-corrected chi connectivity index (χ1v) is 9.28. The van der Waals surface area contributed by atoms with Gasteiger partial charge in [-0.2, -0.15) is 0 Å². The Kier molecular flexibility index (Phi) is 5.90. The molecule has 3 aromatic rings. The molecule has 0 saturated carbocycles. The molecule has 0 aliphatic carbocycles. The van der Waals surface area contributed by atoms with E-state index in [4.69, 9.17) is 0 Å². The molecule has 28 heavy (non-hydrogen) atoms. The molecular formula is C24H23NO3. The molecule has 3 aromatic carbocycles. The number of hydrogen-bond donors (Lipinski definition) is 1. The molecular weight excluding hydrogens is 350 g/mol. The van der Waals surface area contributed by atoms with Crippen molar-refractivity contribution < 1.29 is 14.7 Å². The summed E-state index contributed by atoms with van der Waals surface area (Å²) in [7, 11) is 0. The fourth-order valence-electron chi connectivity index (χ4n) is 3.18. The molecule has 1 amide bonds. The van der Waals surface area contributed by atoms with Gasteiger partial charge in [-0.3, -0.25) is 4.79 Å². The molecule has 0 bridgehead atoms. The summed E-state index contributed by atoms with van der Waals surface area (Å²) in [4.78, 5) is 26.4. The highest BCUT2D eigenvalue weighted by Gasteiger charge is 2.20. The Morgan fingerprint density at radius 1 is 0.893 bits per heavy atom. The Morgan fingerprint density at radius 3 is 2.29 bits per heavy atom. The summed E-state index contributed by atoms with van der Waals surface area (Å²) in [6, 6.07) is 22.0. The standard InChI is InChI=1S/C24H23NO3/c1-3-19-8-4-5-10-22(19)25(23(26)20-13-11-17(2)12-14-20)16-18-7-6-9-21(15-18)24(27)28/h4-15H,3,16H2,1-2H3,(H,27,28). The van der Waals surface area contributed by atoms with Crippen LogP contribution in [-0.4, -0.2) is 17.0 Å². The number of carboxylic acid groups (broad SMARTS) is 1. The van der Waals surface area contributed by atoms with Gasteiger partial charge in [-0.25, -0.2) is 4.79 Å². The quantitative estimate of drug-likeness (QED) is 0.654. The number of anilines is 1. The molecule has 0 aliphatic rings. The van der Waals surface area contributed by atoms with Gasteiger partial charge in [0.15, 0.2) is 0 Å². The summed E-state index contributed by atoms with van der Waals surface area (Å²) in [5.41, 5.74) is 4.58. The second-order valence-corrected chi connectivity index (χ2v) is 6.75. The van der Waals surface area contributed by atoms with Crippen molar-refractivity contribution in [3.8, 4) is 0 Å². The van der Waals surface area contributed by atoms with Gasteiger partial charge in [0.25, 0.3) is 5.91 Å². The lowest BCUT2D eigenvalue weighted by Crippen LogP contribution is -2.31. The van der Waals surface area contributed by atoms with Crippen molar-refractivity contribution in [2.75, 3.05) is 4.90 Å². The molecule has 0 atom stereocenters. The number of carbonyl (C=O) groups is 2. The maximum absolute atomic E-state index is 13.4. The highest BCUT2D eigenvalue weighted by Crippen LogP contribution is 2.25. The van der Waals surface area contributed by atoms with Crippen LogP contribution in [0.3, 0.4) is 0 Å². The van der Waals surface area contributed by atoms with Crippen molar-refractivity contribution in [3.05, 3.63) is 101 Å². The average Bonchev–Trinajstić information content (AvgIpc) is 2.72. The van der Waals surface area contributed by atoms with Gasteiger partial charge in [0.1, 0.15) is 0 Å². The molecule has 4 nitrogen and oxygen atoms in total. The summed E-state index contributed by atoms with van der Waals surface area (Å²) in [6.07, 6.45) is 0.795. The number of carboxylic acids is 1. The molecule has 0 saturated heterocycles. The highest BCUT2D eigenvalue weighted by atomic mass is 16.4. The van der Waals surface area contributed by atoms with Crippen LogP contribution in [0.1, 0.15) is 44.3 Å². The predicted molar refractivity (Wildman–Crippen MR) is 111 cm³/mol. The number of rotatable bonds is 6. The van der Waals surface area contributed by atoms with Crippen LogP contribution in [0.2, 0.25) is 0 Å². The highest BCUT2D eigenvalue weighted by molar-refractivity contribution is 6.06. The number of hydrogen-bond acceptors (Lipinski definition) is 2. The van der Waals surface area contributed by atoms with Crippen LogP contribution in [0.15, 0.2) is 72.8 Å². The minimum atomic E-state index is -0.979. The summed E-state index contributed by atoms with van der Waals surface area (Å²) in [5.74, 6) is -1.09. The number of nitrogens with zero attached hydrogens (tertiary/aromatic N) is 1. The second-order valence-electron chi connectivity index (χ2n) is 6.75. The van der Waals surface area contributed by atoms with E-state index < -0.39 is 5.97 Å². The first-order chi connectivity index (χ1) is 13.5. The zero-order chi connectivity index (χ0) is 20.1. The summed E-state index contributed by atoms with van der Waals surface area (Å²) < 4.78 is 0. The summed E-state index contributed by atoms with van der Waals surface area (Å²) in [6.45, 7) is 4.33. The van der Waals surface area contributed by atoms with E-state index in [-0.39, 0.29) is 11.5 Å². The van der Waals surface area contributed by atoms with Crippen LogP contribution in [0.25, 0.3) is 0 Å². The first-order valence-electron chi connectivity index (χ1n) is 9.28. The molecule has 142 valence electrons. The van der Waals surface area contributed by atoms with Crippen LogP contribution in [0, 0.1) is 6.92 Å². The van der Waals surface area contributed by atoms with Gasteiger partial charge in [-0.1, -0.05) is 55.0 Å². The first kappa shape index (κ1) is 19.4. The van der Waals surface area contributed by atoms with Gasteiger partial charge in [-0.05, 0) is 54.8 Å². The van der Waals surface area contributed by atoms with E-state index in [0.29, 0.717) is 12.1 Å². The van der Waals surface area contributed by atoms with E-state index in [1.807, 2.05) is 61.5 Å². The second kappa shape index (κ2) is 8.53. The van der Waals surface area contributed by atoms with E-state index in [1.54, 1.807) is 23.1 Å². The van der Waals surface area contributed by atoms with Crippen molar-refractivity contribution in [2.24, 2.45) is 0 Å². The third-order valence-electron chi connectivity index (χ3n) is 4.72. The normalized spacial score (nSPS) is 10.5. The third-order valence-corrected chi connectivity index (χ3v) is 4.72. The third kappa shape index (κ3) is 4.29. The lowest BCUT2D eigenvalue weighted by atomic mass is 10.0. The molecule has 0 heterocycles. The van der Waals surface area contributed by atoms with E-state index >= 15 is 0 Å². The zero-order valence-corrected chi connectivity index (χ0v) is 16.1. The van der Waals surface area contributed by atoms with Gasteiger partial charge in [0, 0.05) is 11.3 Å². The smallest absolute Gasteiger partial charge is 0.335 e. The molecule has 0 fully saturated rings. The van der Waals surface area contributed by atoms with E-state index in [0.717, 1.165) is 28.8 Å². The number of para-hydroxylation sites is 1. The largest absolute Gasteiger partial charge is 0.478 e. The van der Waals surface area contributed by atoms with Crippen LogP contribution in [0.5, 0.6) is 0 Å².